The fraction of sp³-hybridized carbons (Fsp3) is 0.235. The van der Waals surface area contributed by atoms with Crippen molar-refractivity contribution < 1.29 is 22.6 Å². The summed E-state index contributed by atoms with van der Waals surface area (Å²) in [5.41, 5.74) is 6.43. The number of rotatable bonds is 7. The van der Waals surface area contributed by atoms with Crippen LogP contribution in [0.3, 0.4) is 0 Å². The highest BCUT2D eigenvalue weighted by Gasteiger charge is 2.30. The van der Waals surface area contributed by atoms with E-state index in [1.54, 1.807) is 0 Å². The van der Waals surface area contributed by atoms with Gasteiger partial charge in [-0.2, -0.15) is 0 Å². The first-order valence-electron chi connectivity index (χ1n) is 7.49. The van der Waals surface area contributed by atoms with Gasteiger partial charge < -0.3 is 20.5 Å². The molecule has 8 heteroatoms. The zero-order valence-electron chi connectivity index (χ0n) is 13.3. The fourth-order valence-electron chi connectivity index (χ4n) is 1.89. The predicted octanol–water partition coefficient (Wildman–Crippen LogP) is 3.07. The number of ether oxygens (including phenoxy) is 2. The van der Waals surface area contributed by atoms with Crippen LogP contribution in [-0.4, -0.2) is 25.5 Å². The Kier molecular flexibility index (Phi) is 6.50. The molecule has 0 bridgehead atoms. The number of nitrogens with two attached hydrogens (primary N) is 1. The molecule has 0 saturated heterocycles. The molecule has 5 nitrogen and oxygen atoms in total. The Morgan fingerprint density at radius 1 is 1.00 bits per heavy atom. The lowest BCUT2D eigenvalue weighted by molar-refractivity contribution is -0.274. The zero-order valence-corrected chi connectivity index (χ0v) is 13.3. The largest absolute Gasteiger partial charge is 0.573 e. The monoisotopic (exact) mass is 353 g/mol. The minimum Gasteiger partial charge on any atom is -0.492 e. The Bertz CT molecular complexity index is 674. The average molecular weight is 353 g/mol. The summed E-state index contributed by atoms with van der Waals surface area (Å²) in [5.74, 6) is 0.720. The summed E-state index contributed by atoms with van der Waals surface area (Å²) >= 11 is 0. The van der Waals surface area contributed by atoms with Crippen LogP contribution in [-0.2, 0) is 6.54 Å². The first-order valence-corrected chi connectivity index (χ1v) is 7.49. The second-order valence-electron chi connectivity index (χ2n) is 4.98. The highest BCUT2D eigenvalue weighted by Crippen LogP contribution is 2.22. The number of nitrogens with zero attached hydrogens (tertiary/aromatic N) is 1. The van der Waals surface area contributed by atoms with E-state index in [2.05, 4.69) is 15.0 Å². The van der Waals surface area contributed by atoms with Gasteiger partial charge in [-0.1, -0.05) is 30.3 Å². The van der Waals surface area contributed by atoms with Crippen LogP contribution in [0.15, 0.2) is 59.6 Å². The van der Waals surface area contributed by atoms with Crippen LogP contribution >= 0.6 is 0 Å². The summed E-state index contributed by atoms with van der Waals surface area (Å²) in [6, 6.07) is 14.8. The summed E-state index contributed by atoms with van der Waals surface area (Å²) in [7, 11) is 0. The maximum absolute atomic E-state index is 12.1. The van der Waals surface area contributed by atoms with E-state index in [0.717, 1.165) is 5.75 Å². The number of alkyl halides is 3. The molecular formula is C17H18F3N3O2. The summed E-state index contributed by atoms with van der Waals surface area (Å²) < 4.78 is 45.5. The van der Waals surface area contributed by atoms with E-state index in [0.29, 0.717) is 18.7 Å². The standard InChI is InChI=1S/C17H18F3N3O2/c18-17(19,20)25-15-8-6-13(7-9-15)12-23-16(21)22-10-11-24-14-4-2-1-3-5-14/h1-9H,10-12H2,(H3,21,22,23). The molecule has 0 radical (unpaired) electrons. The molecule has 0 fully saturated rings. The molecule has 3 N–H and O–H groups in total. The lowest BCUT2D eigenvalue weighted by Gasteiger charge is -2.09. The molecule has 0 amide bonds. The van der Waals surface area contributed by atoms with Crippen LogP contribution in [0.4, 0.5) is 13.2 Å². The Labute approximate surface area is 143 Å². The lowest BCUT2D eigenvalue weighted by atomic mass is 10.2. The second-order valence-corrected chi connectivity index (χ2v) is 4.98. The summed E-state index contributed by atoms with van der Waals surface area (Å²) in [4.78, 5) is 4.11. The third-order valence-corrected chi connectivity index (χ3v) is 3.01. The lowest BCUT2D eigenvalue weighted by Crippen LogP contribution is -2.34. The van der Waals surface area contributed by atoms with Gasteiger partial charge in [0.15, 0.2) is 5.96 Å². The molecule has 0 unspecified atom stereocenters. The molecule has 0 heterocycles. The predicted molar refractivity (Wildman–Crippen MR) is 88.4 cm³/mol. The molecule has 25 heavy (non-hydrogen) atoms. The fourth-order valence-corrected chi connectivity index (χ4v) is 1.89. The first-order chi connectivity index (χ1) is 11.9. The Morgan fingerprint density at radius 3 is 2.32 bits per heavy atom. The van der Waals surface area contributed by atoms with Gasteiger partial charge in [0, 0.05) is 0 Å². The van der Waals surface area contributed by atoms with Gasteiger partial charge in [-0.25, -0.2) is 4.99 Å². The van der Waals surface area contributed by atoms with Crippen LogP contribution in [0.25, 0.3) is 0 Å². The van der Waals surface area contributed by atoms with Gasteiger partial charge in [0.05, 0.1) is 13.1 Å². The Morgan fingerprint density at radius 2 is 1.68 bits per heavy atom. The van der Waals surface area contributed by atoms with E-state index in [1.807, 2.05) is 30.3 Å². The van der Waals surface area contributed by atoms with Gasteiger partial charge in [0.25, 0.3) is 0 Å². The van der Waals surface area contributed by atoms with Crippen LogP contribution in [0.2, 0.25) is 0 Å². The van der Waals surface area contributed by atoms with Crippen molar-refractivity contribution in [2.24, 2.45) is 10.7 Å². The zero-order chi connectivity index (χ0) is 18.1. The van der Waals surface area contributed by atoms with Crippen molar-refractivity contribution in [1.82, 2.24) is 5.32 Å². The average Bonchev–Trinajstić information content (AvgIpc) is 2.58. The third-order valence-electron chi connectivity index (χ3n) is 3.01. The minimum absolute atomic E-state index is 0.229. The van der Waals surface area contributed by atoms with E-state index in [1.165, 1.54) is 24.3 Å². The Hall–Kier alpha value is -2.90. The van der Waals surface area contributed by atoms with Gasteiger partial charge in [-0.05, 0) is 29.8 Å². The molecule has 2 aromatic rings. The van der Waals surface area contributed by atoms with E-state index in [9.17, 15) is 13.2 Å². The van der Waals surface area contributed by atoms with Crippen molar-refractivity contribution in [2.75, 3.05) is 13.2 Å². The van der Waals surface area contributed by atoms with E-state index in [4.69, 9.17) is 10.5 Å². The minimum atomic E-state index is -4.70. The van der Waals surface area contributed by atoms with Crippen molar-refractivity contribution in [3.05, 3.63) is 60.2 Å². The smallest absolute Gasteiger partial charge is 0.492 e. The number of guanidine groups is 1. The van der Waals surface area contributed by atoms with Crippen molar-refractivity contribution in [3.8, 4) is 11.5 Å². The SMILES string of the molecule is NC(=NCc1ccc(OC(F)(F)F)cc1)NCCOc1ccccc1. The normalized spacial score (nSPS) is 11.9. The third kappa shape index (κ3) is 7.47. The van der Waals surface area contributed by atoms with Gasteiger partial charge in [-0.15, -0.1) is 13.2 Å². The molecule has 0 spiro atoms. The van der Waals surface area contributed by atoms with E-state index < -0.39 is 6.36 Å². The summed E-state index contributed by atoms with van der Waals surface area (Å²) in [6.45, 7) is 1.14. The molecule has 0 aromatic heterocycles. The summed E-state index contributed by atoms with van der Waals surface area (Å²) in [6.07, 6.45) is -4.70. The van der Waals surface area contributed by atoms with Crippen LogP contribution < -0.4 is 20.5 Å². The molecule has 0 aliphatic rings. The molecule has 134 valence electrons. The number of hydrogen-bond acceptors (Lipinski definition) is 3. The van der Waals surface area contributed by atoms with Crippen LogP contribution in [0.5, 0.6) is 11.5 Å². The van der Waals surface area contributed by atoms with E-state index >= 15 is 0 Å². The number of para-hydroxylation sites is 1. The van der Waals surface area contributed by atoms with Crippen LogP contribution in [0, 0.1) is 0 Å². The highest BCUT2D eigenvalue weighted by molar-refractivity contribution is 5.77. The van der Waals surface area contributed by atoms with Gasteiger partial charge in [-0.3, -0.25) is 0 Å². The highest BCUT2D eigenvalue weighted by atomic mass is 19.4. The number of aliphatic imine (C=N–C) groups is 1. The van der Waals surface area contributed by atoms with Gasteiger partial charge in [0.2, 0.25) is 0 Å². The van der Waals surface area contributed by atoms with E-state index in [-0.39, 0.29) is 18.3 Å². The molecule has 0 saturated carbocycles. The second kappa shape index (κ2) is 8.81. The number of nitrogens with one attached hydrogen (secondary N) is 1. The number of halogens is 3. The molecule has 0 aliphatic heterocycles. The number of hydrogen-bond donors (Lipinski definition) is 2. The molecule has 0 aliphatic carbocycles. The summed E-state index contributed by atoms with van der Waals surface area (Å²) in [5, 5.41) is 2.89. The van der Waals surface area contributed by atoms with Crippen molar-refractivity contribution >= 4 is 5.96 Å². The Balaban J connectivity index is 1.71. The maximum atomic E-state index is 12.1. The van der Waals surface area contributed by atoms with Crippen molar-refractivity contribution in [1.29, 1.82) is 0 Å². The van der Waals surface area contributed by atoms with Gasteiger partial charge >= 0.3 is 6.36 Å². The van der Waals surface area contributed by atoms with Crippen molar-refractivity contribution in [3.63, 3.8) is 0 Å². The molecule has 2 aromatic carbocycles. The van der Waals surface area contributed by atoms with Crippen LogP contribution in [0.1, 0.15) is 5.56 Å². The van der Waals surface area contributed by atoms with Crippen molar-refractivity contribution in [2.45, 2.75) is 12.9 Å². The number of benzene rings is 2. The van der Waals surface area contributed by atoms with Gasteiger partial charge in [0.1, 0.15) is 18.1 Å². The quantitative estimate of drug-likeness (QED) is 0.456. The first kappa shape index (κ1) is 18.4. The molecule has 0 atom stereocenters. The molecule has 2 rings (SSSR count). The maximum Gasteiger partial charge on any atom is 0.573 e. The topological polar surface area (TPSA) is 68.9 Å². The molecular weight excluding hydrogens is 335 g/mol.